The molecular formula is C21H23N3O4. The van der Waals surface area contributed by atoms with Gasteiger partial charge in [-0.3, -0.25) is 14.6 Å². The van der Waals surface area contributed by atoms with Crippen LogP contribution in [0.2, 0.25) is 0 Å². The summed E-state index contributed by atoms with van der Waals surface area (Å²) < 4.78 is 10.6. The zero-order chi connectivity index (χ0) is 19.7. The summed E-state index contributed by atoms with van der Waals surface area (Å²) in [6.45, 7) is 0.706. The Morgan fingerprint density at radius 3 is 2.71 bits per heavy atom. The van der Waals surface area contributed by atoms with Crippen molar-refractivity contribution in [3.05, 3.63) is 53.9 Å². The number of ether oxygens (including phenoxy) is 2. The van der Waals surface area contributed by atoms with Crippen molar-refractivity contribution in [3.8, 4) is 11.5 Å². The molecule has 7 heteroatoms. The van der Waals surface area contributed by atoms with Gasteiger partial charge in [0, 0.05) is 31.0 Å². The molecule has 0 radical (unpaired) electrons. The van der Waals surface area contributed by atoms with Gasteiger partial charge in [-0.2, -0.15) is 0 Å². The predicted molar refractivity (Wildman–Crippen MR) is 103 cm³/mol. The van der Waals surface area contributed by atoms with Gasteiger partial charge in [0.15, 0.2) is 0 Å². The minimum absolute atomic E-state index is 0.00932. The topological polar surface area (TPSA) is 80.8 Å². The maximum Gasteiger partial charge on any atom is 0.257 e. The summed E-state index contributed by atoms with van der Waals surface area (Å²) in [5, 5.41) is 3.09. The summed E-state index contributed by atoms with van der Waals surface area (Å²) >= 11 is 0. The molecule has 1 saturated carbocycles. The zero-order valence-electron chi connectivity index (χ0n) is 15.9. The zero-order valence-corrected chi connectivity index (χ0v) is 15.9. The average Bonchev–Trinajstić information content (AvgIpc) is 3.34. The van der Waals surface area contributed by atoms with Gasteiger partial charge in [0.25, 0.3) is 11.8 Å². The first-order chi connectivity index (χ1) is 13.6. The Balaban J connectivity index is 1.51. The van der Waals surface area contributed by atoms with E-state index in [0.29, 0.717) is 35.1 Å². The van der Waals surface area contributed by atoms with Gasteiger partial charge >= 0.3 is 0 Å². The van der Waals surface area contributed by atoms with Crippen LogP contribution in [0.3, 0.4) is 0 Å². The van der Waals surface area contributed by atoms with Crippen molar-refractivity contribution in [2.24, 2.45) is 5.92 Å². The maximum atomic E-state index is 13.2. The van der Waals surface area contributed by atoms with Crippen molar-refractivity contribution >= 4 is 11.8 Å². The van der Waals surface area contributed by atoms with Gasteiger partial charge in [0.1, 0.15) is 11.5 Å². The highest BCUT2D eigenvalue weighted by atomic mass is 16.5. The minimum Gasteiger partial charge on any atom is -0.497 e. The number of nitrogens with one attached hydrogen (secondary N) is 1. The number of hydrogen-bond acceptors (Lipinski definition) is 5. The van der Waals surface area contributed by atoms with Crippen molar-refractivity contribution in [3.63, 3.8) is 0 Å². The van der Waals surface area contributed by atoms with Gasteiger partial charge in [0.2, 0.25) is 0 Å². The van der Waals surface area contributed by atoms with Crippen LogP contribution in [0.15, 0.2) is 42.7 Å². The lowest BCUT2D eigenvalue weighted by Crippen LogP contribution is -2.52. The van der Waals surface area contributed by atoms with E-state index in [1.165, 1.54) is 0 Å². The average molecular weight is 381 g/mol. The molecule has 1 N–H and O–H groups in total. The van der Waals surface area contributed by atoms with E-state index in [-0.39, 0.29) is 23.9 Å². The predicted octanol–water partition coefficient (Wildman–Crippen LogP) is 2.13. The van der Waals surface area contributed by atoms with Crippen LogP contribution in [0.5, 0.6) is 11.5 Å². The normalized spacial score (nSPS) is 22.8. The second kappa shape index (κ2) is 7.50. The molecule has 0 unspecified atom stereocenters. The molecule has 2 aliphatic rings. The molecule has 7 nitrogen and oxygen atoms in total. The Morgan fingerprint density at radius 2 is 2.04 bits per heavy atom. The smallest absolute Gasteiger partial charge is 0.257 e. The number of hydrogen-bond donors (Lipinski definition) is 1. The van der Waals surface area contributed by atoms with Crippen molar-refractivity contribution in [2.75, 3.05) is 20.8 Å². The largest absolute Gasteiger partial charge is 0.497 e. The highest BCUT2D eigenvalue weighted by Crippen LogP contribution is 2.39. The second-order valence-electron chi connectivity index (χ2n) is 7.25. The van der Waals surface area contributed by atoms with Crippen LogP contribution in [0, 0.1) is 5.92 Å². The molecule has 2 fully saturated rings. The molecule has 1 aromatic heterocycles. The number of piperidine rings is 1. The quantitative estimate of drug-likeness (QED) is 0.858. The number of fused-ring (bicyclic) bond motifs is 2. The molecule has 146 valence electrons. The number of rotatable bonds is 5. The van der Waals surface area contributed by atoms with E-state index < -0.39 is 0 Å². The van der Waals surface area contributed by atoms with Crippen LogP contribution in [-0.4, -0.2) is 54.5 Å². The molecule has 1 aliphatic carbocycles. The van der Waals surface area contributed by atoms with E-state index in [1.807, 2.05) is 4.90 Å². The third-order valence-electron chi connectivity index (χ3n) is 5.62. The number of pyridine rings is 1. The first kappa shape index (κ1) is 18.3. The van der Waals surface area contributed by atoms with Gasteiger partial charge < -0.3 is 19.7 Å². The molecule has 2 heterocycles. The molecule has 28 heavy (non-hydrogen) atoms. The molecule has 1 saturated heterocycles. The number of aromatic nitrogens is 1. The Hall–Kier alpha value is -3.09. The van der Waals surface area contributed by atoms with E-state index in [0.717, 1.165) is 12.8 Å². The van der Waals surface area contributed by atoms with Crippen LogP contribution >= 0.6 is 0 Å². The number of benzene rings is 1. The monoisotopic (exact) mass is 381 g/mol. The standard InChI is InChI=1S/C21H23N3O4/c1-27-15-5-6-16(19(10-15)28-2)21(26)24-12-13-8-17(18(24)9-13)23-20(25)14-4-3-7-22-11-14/h3-7,10-11,13,17-18H,8-9,12H2,1-2H3,(H,23,25)/t13-,17+,18-/m1/s1. The van der Waals surface area contributed by atoms with Crippen LogP contribution in [0.4, 0.5) is 0 Å². The molecule has 2 aromatic rings. The molecule has 2 bridgehead atoms. The molecule has 2 amide bonds. The minimum atomic E-state index is -0.153. The lowest BCUT2D eigenvalue weighted by molar-refractivity contribution is 0.0645. The molecule has 1 aliphatic heterocycles. The molecule has 1 aromatic carbocycles. The van der Waals surface area contributed by atoms with Crippen LogP contribution in [0.25, 0.3) is 0 Å². The van der Waals surface area contributed by atoms with Crippen LogP contribution < -0.4 is 14.8 Å². The number of amides is 2. The summed E-state index contributed by atoms with van der Waals surface area (Å²) in [5.74, 6) is 1.30. The molecule has 0 spiro atoms. The SMILES string of the molecule is COc1ccc(C(=O)N2C[C@@H]3C[C@H](NC(=O)c4cccnc4)[C@H]2C3)c(OC)c1. The lowest BCUT2D eigenvalue weighted by atomic mass is 10.0. The molecule has 4 rings (SSSR count). The molecular weight excluding hydrogens is 358 g/mol. The third-order valence-corrected chi connectivity index (χ3v) is 5.62. The fourth-order valence-electron chi connectivity index (χ4n) is 4.29. The van der Waals surface area contributed by atoms with Crippen molar-refractivity contribution < 1.29 is 19.1 Å². The summed E-state index contributed by atoms with van der Waals surface area (Å²) in [7, 11) is 3.11. The van der Waals surface area contributed by atoms with E-state index in [4.69, 9.17) is 9.47 Å². The number of methoxy groups -OCH3 is 2. The number of carbonyl (C=O) groups is 2. The highest BCUT2D eigenvalue weighted by Gasteiger charge is 2.47. The summed E-state index contributed by atoms with van der Waals surface area (Å²) in [6, 6.07) is 8.61. The van der Waals surface area contributed by atoms with E-state index >= 15 is 0 Å². The van der Waals surface area contributed by atoms with Crippen molar-refractivity contribution in [1.29, 1.82) is 0 Å². The third kappa shape index (κ3) is 3.28. The fourth-order valence-corrected chi connectivity index (χ4v) is 4.29. The van der Waals surface area contributed by atoms with Gasteiger partial charge in [-0.05, 0) is 43.0 Å². The molecule has 3 atom stereocenters. The maximum absolute atomic E-state index is 13.2. The summed E-state index contributed by atoms with van der Waals surface area (Å²) in [4.78, 5) is 31.6. The van der Waals surface area contributed by atoms with E-state index in [1.54, 1.807) is 56.9 Å². The first-order valence-corrected chi connectivity index (χ1v) is 9.34. The Kier molecular flexibility index (Phi) is 4.90. The summed E-state index contributed by atoms with van der Waals surface area (Å²) in [5.41, 5.74) is 1.04. The second-order valence-corrected chi connectivity index (χ2v) is 7.25. The van der Waals surface area contributed by atoms with Crippen LogP contribution in [0.1, 0.15) is 33.6 Å². The number of likely N-dealkylation sites (tertiary alicyclic amines) is 1. The Morgan fingerprint density at radius 1 is 1.18 bits per heavy atom. The van der Waals surface area contributed by atoms with Gasteiger partial charge in [-0.25, -0.2) is 0 Å². The van der Waals surface area contributed by atoms with Gasteiger partial charge in [-0.1, -0.05) is 0 Å². The summed E-state index contributed by atoms with van der Waals surface area (Å²) in [6.07, 6.45) is 4.98. The van der Waals surface area contributed by atoms with E-state index in [2.05, 4.69) is 10.3 Å². The van der Waals surface area contributed by atoms with Crippen molar-refractivity contribution in [1.82, 2.24) is 15.2 Å². The lowest BCUT2D eigenvalue weighted by Gasteiger charge is -2.34. The number of carbonyl (C=O) groups excluding carboxylic acids is 2. The fraction of sp³-hybridized carbons (Fsp3) is 0.381. The first-order valence-electron chi connectivity index (χ1n) is 9.34. The van der Waals surface area contributed by atoms with Crippen LogP contribution in [-0.2, 0) is 0 Å². The Labute approximate surface area is 163 Å². The number of nitrogens with zero attached hydrogens (tertiary/aromatic N) is 2. The van der Waals surface area contributed by atoms with Gasteiger partial charge in [-0.15, -0.1) is 0 Å². The van der Waals surface area contributed by atoms with E-state index in [9.17, 15) is 9.59 Å². The highest BCUT2D eigenvalue weighted by molar-refractivity contribution is 5.98. The van der Waals surface area contributed by atoms with Crippen molar-refractivity contribution in [2.45, 2.75) is 24.9 Å². The van der Waals surface area contributed by atoms with Gasteiger partial charge in [0.05, 0.1) is 31.4 Å². The Bertz CT molecular complexity index is 886.